The van der Waals surface area contributed by atoms with Crippen LogP contribution in [0, 0.1) is 5.92 Å². The Labute approximate surface area is 92.6 Å². The molecule has 15 heavy (non-hydrogen) atoms. The highest BCUT2D eigenvalue weighted by Crippen LogP contribution is 2.38. The van der Waals surface area contributed by atoms with E-state index in [2.05, 4.69) is 26.1 Å². The van der Waals surface area contributed by atoms with Crippen LogP contribution >= 0.6 is 0 Å². The molecule has 1 saturated carbocycles. The van der Waals surface area contributed by atoms with Gasteiger partial charge in [-0.25, -0.2) is 0 Å². The van der Waals surface area contributed by atoms with Crippen LogP contribution < -0.4 is 5.32 Å². The van der Waals surface area contributed by atoms with Gasteiger partial charge in [0, 0.05) is 5.54 Å². The fourth-order valence-corrected chi connectivity index (χ4v) is 1.63. The second-order valence-corrected chi connectivity index (χ2v) is 4.92. The van der Waals surface area contributed by atoms with Crippen molar-refractivity contribution >= 4 is 5.97 Å². The first-order valence-corrected chi connectivity index (χ1v) is 5.97. The predicted molar refractivity (Wildman–Crippen MR) is 60.7 cm³/mol. The highest BCUT2D eigenvalue weighted by Gasteiger charge is 2.37. The maximum absolute atomic E-state index is 11.3. The normalized spacial score (nSPS) is 16.5. The number of carbonyl (C=O) groups excluding carboxylic acids is 1. The van der Waals surface area contributed by atoms with Gasteiger partial charge in [0.15, 0.2) is 0 Å². The number of nitrogens with one attached hydrogen (secondary N) is 1. The molecule has 0 bridgehead atoms. The summed E-state index contributed by atoms with van der Waals surface area (Å²) >= 11 is 0. The first kappa shape index (κ1) is 12.5. The van der Waals surface area contributed by atoms with Crippen molar-refractivity contribution < 1.29 is 9.53 Å². The summed E-state index contributed by atoms with van der Waals surface area (Å²) in [6.07, 6.45) is 4.59. The van der Waals surface area contributed by atoms with Crippen molar-refractivity contribution in [3.63, 3.8) is 0 Å². The van der Waals surface area contributed by atoms with Gasteiger partial charge in [-0.1, -0.05) is 13.3 Å². The van der Waals surface area contributed by atoms with Crippen molar-refractivity contribution in [3.8, 4) is 0 Å². The summed E-state index contributed by atoms with van der Waals surface area (Å²) in [5.74, 6) is 0.609. The Hall–Kier alpha value is -0.570. The lowest BCUT2D eigenvalue weighted by Crippen LogP contribution is -2.44. The number of unbranched alkanes of at least 4 members (excludes halogenated alkanes) is 1. The monoisotopic (exact) mass is 213 g/mol. The summed E-state index contributed by atoms with van der Waals surface area (Å²) < 4.78 is 5.08. The van der Waals surface area contributed by atoms with E-state index >= 15 is 0 Å². The van der Waals surface area contributed by atoms with E-state index in [-0.39, 0.29) is 11.5 Å². The summed E-state index contributed by atoms with van der Waals surface area (Å²) in [6.45, 7) is 7.30. The van der Waals surface area contributed by atoms with Gasteiger partial charge in [-0.15, -0.1) is 0 Å². The van der Waals surface area contributed by atoms with Crippen molar-refractivity contribution in [1.29, 1.82) is 0 Å². The Morgan fingerprint density at radius 2 is 2.13 bits per heavy atom. The first-order valence-electron chi connectivity index (χ1n) is 5.97. The van der Waals surface area contributed by atoms with Crippen LogP contribution in [0.3, 0.4) is 0 Å². The molecule has 0 unspecified atom stereocenters. The summed E-state index contributed by atoms with van der Waals surface area (Å²) in [4.78, 5) is 11.3. The third-order valence-electron chi connectivity index (χ3n) is 3.05. The Bertz CT molecular complexity index is 210. The molecule has 0 aromatic heterocycles. The van der Waals surface area contributed by atoms with Gasteiger partial charge in [0.2, 0.25) is 0 Å². The molecule has 1 fully saturated rings. The van der Waals surface area contributed by atoms with Gasteiger partial charge in [0.1, 0.15) is 0 Å². The molecular formula is C12H23NO2. The molecule has 1 aliphatic rings. The largest absolute Gasteiger partial charge is 0.465 e. The maximum atomic E-state index is 11.3. The molecule has 0 radical (unpaired) electrons. The van der Waals surface area contributed by atoms with Gasteiger partial charge in [-0.05, 0) is 39.0 Å². The molecule has 0 aromatic carbocycles. The van der Waals surface area contributed by atoms with Crippen LogP contribution in [-0.4, -0.2) is 24.7 Å². The number of rotatable bonds is 7. The van der Waals surface area contributed by atoms with Gasteiger partial charge in [-0.2, -0.15) is 0 Å². The highest BCUT2D eigenvalue weighted by atomic mass is 16.5. The van der Waals surface area contributed by atoms with E-state index in [1.54, 1.807) is 0 Å². The van der Waals surface area contributed by atoms with E-state index in [4.69, 9.17) is 4.74 Å². The molecule has 0 amide bonds. The first-order chi connectivity index (χ1) is 7.06. The van der Waals surface area contributed by atoms with Crippen LogP contribution in [0.2, 0.25) is 0 Å². The van der Waals surface area contributed by atoms with Crippen molar-refractivity contribution in [1.82, 2.24) is 5.32 Å². The lowest BCUT2D eigenvalue weighted by atomic mass is 9.99. The van der Waals surface area contributed by atoms with Crippen LogP contribution in [0.15, 0.2) is 0 Å². The molecular weight excluding hydrogens is 190 g/mol. The van der Waals surface area contributed by atoms with Gasteiger partial charge >= 0.3 is 5.97 Å². The number of ether oxygens (including phenoxy) is 1. The van der Waals surface area contributed by atoms with Gasteiger partial charge in [0.25, 0.3) is 0 Å². The second kappa shape index (κ2) is 5.50. The SMILES string of the molecule is CCCCOC(=O)CNC(C)(C)C1CC1. The molecule has 88 valence electrons. The summed E-state index contributed by atoms with van der Waals surface area (Å²) in [7, 11) is 0. The molecule has 3 nitrogen and oxygen atoms in total. The predicted octanol–water partition coefficient (Wildman–Crippen LogP) is 2.11. The molecule has 0 spiro atoms. The number of carbonyl (C=O) groups is 1. The maximum Gasteiger partial charge on any atom is 0.319 e. The third kappa shape index (κ3) is 4.65. The van der Waals surface area contributed by atoms with Crippen molar-refractivity contribution in [2.45, 2.75) is 52.0 Å². The smallest absolute Gasteiger partial charge is 0.319 e. The fraction of sp³-hybridized carbons (Fsp3) is 0.917. The average molecular weight is 213 g/mol. The van der Waals surface area contributed by atoms with Gasteiger partial charge in [0.05, 0.1) is 13.2 Å². The Balaban J connectivity index is 2.10. The van der Waals surface area contributed by atoms with Crippen molar-refractivity contribution in [3.05, 3.63) is 0 Å². The lowest BCUT2D eigenvalue weighted by Gasteiger charge is -2.25. The van der Waals surface area contributed by atoms with Crippen molar-refractivity contribution in [2.24, 2.45) is 5.92 Å². The number of hydrogen-bond donors (Lipinski definition) is 1. The van der Waals surface area contributed by atoms with Crippen LogP contribution in [0.25, 0.3) is 0 Å². The molecule has 0 aliphatic heterocycles. The Morgan fingerprint density at radius 1 is 1.47 bits per heavy atom. The fourth-order valence-electron chi connectivity index (χ4n) is 1.63. The zero-order valence-electron chi connectivity index (χ0n) is 10.1. The van der Waals surface area contributed by atoms with Gasteiger partial charge < -0.3 is 10.1 Å². The molecule has 0 heterocycles. The topological polar surface area (TPSA) is 38.3 Å². The number of esters is 1. The minimum Gasteiger partial charge on any atom is -0.465 e. The zero-order valence-corrected chi connectivity index (χ0v) is 10.1. The molecule has 1 N–H and O–H groups in total. The minimum absolute atomic E-state index is 0.0871. The van der Waals surface area contributed by atoms with E-state index in [0.29, 0.717) is 13.2 Å². The summed E-state index contributed by atoms with van der Waals surface area (Å²) in [5, 5.41) is 3.27. The van der Waals surface area contributed by atoms with E-state index in [0.717, 1.165) is 18.8 Å². The van der Waals surface area contributed by atoms with Crippen LogP contribution in [0.4, 0.5) is 0 Å². The van der Waals surface area contributed by atoms with E-state index in [1.807, 2.05) is 0 Å². The quantitative estimate of drug-likeness (QED) is 0.520. The number of hydrogen-bond acceptors (Lipinski definition) is 3. The van der Waals surface area contributed by atoms with Crippen LogP contribution in [0.1, 0.15) is 46.5 Å². The Morgan fingerprint density at radius 3 is 2.67 bits per heavy atom. The lowest BCUT2D eigenvalue weighted by molar-refractivity contribution is -0.143. The second-order valence-electron chi connectivity index (χ2n) is 4.92. The minimum atomic E-state index is -0.128. The molecule has 0 saturated heterocycles. The van der Waals surface area contributed by atoms with E-state index < -0.39 is 0 Å². The third-order valence-corrected chi connectivity index (χ3v) is 3.05. The van der Waals surface area contributed by atoms with E-state index in [9.17, 15) is 4.79 Å². The standard InChI is InChI=1S/C12H23NO2/c1-4-5-8-15-11(14)9-13-12(2,3)10-6-7-10/h10,13H,4-9H2,1-3H3. The highest BCUT2D eigenvalue weighted by molar-refractivity contribution is 5.71. The zero-order chi connectivity index (χ0) is 11.3. The molecule has 1 rings (SSSR count). The summed E-state index contributed by atoms with van der Waals surface area (Å²) in [6, 6.07) is 0. The molecule has 0 aromatic rings. The van der Waals surface area contributed by atoms with Crippen LogP contribution in [0.5, 0.6) is 0 Å². The molecule has 0 atom stereocenters. The van der Waals surface area contributed by atoms with E-state index in [1.165, 1.54) is 12.8 Å². The Kier molecular flexibility index (Phi) is 4.58. The molecule has 3 heteroatoms. The summed E-state index contributed by atoms with van der Waals surface area (Å²) in [5.41, 5.74) is 0.0871. The average Bonchev–Trinajstić information content (AvgIpc) is 2.98. The van der Waals surface area contributed by atoms with Crippen LogP contribution in [-0.2, 0) is 9.53 Å². The van der Waals surface area contributed by atoms with Gasteiger partial charge in [-0.3, -0.25) is 4.79 Å². The van der Waals surface area contributed by atoms with Crippen molar-refractivity contribution in [2.75, 3.05) is 13.2 Å². The molecule has 1 aliphatic carbocycles.